The van der Waals surface area contributed by atoms with Crippen molar-refractivity contribution in [3.05, 3.63) is 54.1 Å². The molecule has 30 heavy (non-hydrogen) atoms. The number of ether oxygens (including phenoxy) is 1. The second kappa shape index (κ2) is 10.5. The molecule has 0 aromatic heterocycles. The molecule has 0 fully saturated rings. The number of carbonyl (C=O) groups is 2. The minimum absolute atomic E-state index is 0.0348. The standard InChI is InChI=1S/C23H29N3O3S/c1-4-26(5-2)19(16-9-8-10-17(13-16)29-3)15-24-22(27)14-21-23(28)25-18-11-6-7-12-20(18)30-21/h6-13,19,21H,4-5,14-15H2,1-3H3,(H,24,27)(H,25,28)/t19-,21+/m0/s1. The van der Waals surface area contributed by atoms with Crippen LogP contribution in [0.15, 0.2) is 53.4 Å². The molecule has 2 atom stereocenters. The fraction of sp³-hybridized carbons (Fsp3) is 0.391. The molecule has 6 nitrogen and oxygen atoms in total. The molecular formula is C23H29N3O3S. The molecule has 1 heterocycles. The largest absolute Gasteiger partial charge is 0.497 e. The van der Waals surface area contributed by atoms with Gasteiger partial charge in [0, 0.05) is 17.9 Å². The first-order valence-electron chi connectivity index (χ1n) is 10.3. The Kier molecular flexibility index (Phi) is 7.76. The maximum atomic E-state index is 12.7. The highest BCUT2D eigenvalue weighted by Crippen LogP contribution is 2.36. The third kappa shape index (κ3) is 5.34. The van der Waals surface area contributed by atoms with Crippen LogP contribution in [-0.4, -0.2) is 48.7 Å². The summed E-state index contributed by atoms with van der Waals surface area (Å²) in [7, 11) is 1.65. The summed E-state index contributed by atoms with van der Waals surface area (Å²) < 4.78 is 5.37. The predicted octanol–water partition coefficient (Wildman–Crippen LogP) is 3.70. The van der Waals surface area contributed by atoms with Crippen LogP contribution in [0.5, 0.6) is 5.75 Å². The number of fused-ring (bicyclic) bond motifs is 1. The van der Waals surface area contributed by atoms with E-state index in [0.29, 0.717) is 6.54 Å². The van der Waals surface area contributed by atoms with Crippen LogP contribution in [-0.2, 0) is 9.59 Å². The zero-order valence-corrected chi connectivity index (χ0v) is 18.5. The van der Waals surface area contributed by atoms with Crippen LogP contribution >= 0.6 is 11.8 Å². The second-order valence-electron chi connectivity index (χ2n) is 7.11. The Labute approximate surface area is 182 Å². The van der Waals surface area contributed by atoms with Crippen LogP contribution in [0.2, 0.25) is 0 Å². The number of carbonyl (C=O) groups excluding carboxylic acids is 2. The van der Waals surface area contributed by atoms with Crippen LogP contribution < -0.4 is 15.4 Å². The molecule has 0 saturated heterocycles. The van der Waals surface area contributed by atoms with Crippen molar-refractivity contribution in [1.29, 1.82) is 0 Å². The molecule has 0 bridgehead atoms. The first-order chi connectivity index (χ1) is 14.5. The van der Waals surface area contributed by atoms with Crippen molar-refractivity contribution >= 4 is 29.3 Å². The molecule has 2 aromatic carbocycles. The fourth-order valence-electron chi connectivity index (χ4n) is 3.65. The Morgan fingerprint density at radius 3 is 2.70 bits per heavy atom. The third-order valence-electron chi connectivity index (χ3n) is 5.30. The fourth-order valence-corrected chi connectivity index (χ4v) is 4.76. The number of likely N-dealkylation sites (N-methyl/N-ethyl adjacent to an activating group) is 1. The monoisotopic (exact) mass is 427 g/mol. The molecule has 160 valence electrons. The molecule has 0 spiro atoms. The lowest BCUT2D eigenvalue weighted by molar-refractivity contribution is -0.124. The molecular weight excluding hydrogens is 398 g/mol. The van der Waals surface area contributed by atoms with Crippen molar-refractivity contribution in [1.82, 2.24) is 10.2 Å². The lowest BCUT2D eigenvalue weighted by Crippen LogP contribution is -2.40. The van der Waals surface area contributed by atoms with Gasteiger partial charge in [-0.15, -0.1) is 11.8 Å². The molecule has 0 unspecified atom stereocenters. The Hall–Kier alpha value is -2.51. The first kappa shape index (κ1) is 22.2. The SMILES string of the molecule is CCN(CC)[C@@H](CNC(=O)C[C@H]1Sc2ccccc2NC1=O)c1cccc(OC)c1. The van der Waals surface area contributed by atoms with Crippen molar-refractivity contribution in [2.75, 3.05) is 32.1 Å². The molecule has 2 N–H and O–H groups in total. The zero-order chi connectivity index (χ0) is 21.5. The summed E-state index contributed by atoms with van der Waals surface area (Å²) in [5, 5.41) is 5.51. The summed E-state index contributed by atoms with van der Waals surface area (Å²) in [5.74, 6) is 0.550. The van der Waals surface area contributed by atoms with Crippen LogP contribution in [0, 0.1) is 0 Å². The molecule has 0 saturated carbocycles. The van der Waals surface area contributed by atoms with Crippen LogP contribution in [0.1, 0.15) is 31.9 Å². The van der Waals surface area contributed by atoms with Gasteiger partial charge in [0.25, 0.3) is 0 Å². The van der Waals surface area contributed by atoms with E-state index in [1.807, 2.05) is 42.5 Å². The predicted molar refractivity (Wildman–Crippen MR) is 121 cm³/mol. The van der Waals surface area contributed by atoms with Crippen LogP contribution in [0.3, 0.4) is 0 Å². The van der Waals surface area contributed by atoms with E-state index in [4.69, 9.17) is 4.74 Å². The Bertz CT molecular complexity index is 886. The molecule has 7 heteroatoms. The summed E-state index contributed by atoms with van der Waals surface area (Å²) >= 11 is 1.44. The molecule has 2 amide bonds. The smallest absolute Gasteiger partial charge is 0.238 e. The molecule has 2 aromatic rings. The summed E-state index contributed by atoms with van der Waals surface area (Å²) in [5.41, 5.74) is 1.90. The van der Waals surface area contributed by atoms with Crippen molar-refractivity contribution < 1.29 is 14.3 Å². The first-order valence-corrected chi connectivity index (χ1v) is 11.1. The van der Waals surface area contributed by atoms with Crippen molar-refractivity contribution in [2.24, 2.45) is 0 Å². The Morgan fingerprint density at radius 1 is 1.20 bits per heavy atom. The molecule has 0 radical (unpaired) electrons. The van der Waals surface area contributed by atoms with E-state index >= 15 is 0 Å². The van der Waals surface area contributed by atoms with Crippen molar-refractivity contribution in [3.63, 3.8) is 0 Å². The van der Waals surface area contributed by atoms with Gasteiger partial charge >= 0.3 is 0 Å². The van der Waals surface area contributed by atoms with Gasteiger partial charge in [0.15, 0.2) is 0 Å². The number of hydrogen-bond donors (Lipinski definition) is 2. The highest BCUT2D eigenvalue weighted by atomic mass is 32.2. The highest BCUT2D eigenvalue weighted by molar-refractivity contribution is 8.01. The normalized spacial score (nSPS) is 16.5. The number of hydrogen-bond acceptors (Lipinski definition) is 5. The number of rotatable bonds is 9. The average molecular weight is 428 g/mol. The number of methoxy groups -OCH3 is 1. The number of nitrogens with zero attached hydrogens (tertiary/aromatic N) is 1. The maximum Gasteiger partial charge on any atom is 0.238 e. The van der Waals surface area contributed by atoms with Gasteiger partial charge in [0.2, 0.25) is 11.8 Å². The number of thioether (sulfide) groups is 1. The van der Waals surface area contributed by atoms with Crippen LogP contribution in [0.25, 0.3) is 0 Å². The van der Waals surface area contributed by atoms with Gasteiger partial charge in [0.1, 0.15) is 5.75 Å². The number of para-hydroxylation sites is 1. The van der Waals surface area contributed by atoms with Gasteiger partial charge < -0.3 is 15.4 Å². The summed E-state index contributed by atoms with van der Waals surface area (Å²) in [6, 6.07) is 15.6. The van der Waals surface area contributed by atoms with E-state index in [2.05, 4.69) is 35.4 Å². The average Bonchev–Trinajstić information content (AvgIpc) is 2.77. The van der Waals surface area contributed by atoms with Gasteiger partial charge in [-0.1, -0.05) is 38.1 Å². The van der Waals surface area contributed by atoms with E-state index in [1.165, 1.54) is 11.8 Å². The lowest BCUT2D eigenvalue weighted by Gasteiger charge is -2.31. The molecule has 1 aliphatic rings. The number of benzene rings is 2. The lowest BCUT2D eigenvalue weighted by atomic mass is 10.0. The molecule has 1 aliphatic heterocycles. The van der Waals surface area contributed by atoms with Gasteiger partial charge in [-0.25, -0.2) is 0 Å². The van der Waals surface area contributed by atoms with E-state index in [9.17, 15) is 9.59 Å². The van der Waals surface area contributed by atoms with Crippen molar-refractivity contribution in [2.45, 2.75) is 36.5 Å². The van der Waals surface area contributed by atoms with Gasteiger partial charge in [-0.05, 0) is 42.9 Å². The Morgan fingerprint density at radius 2 is 1.97 bits per heavy atom. The maximum absolute atomic E-state index is 12.7. The van der Waals surface area contributed by atoms with Crippen LogP contribution in [0.4, 0.5) is 5.69 Å². The summed E-state index contributed by atoms with van der Waals surface area (Å²) in [6.45, 7) is 6.43. The van der Waals surface area contributed by atoms with E-state index in [1.54, 1.807) is 7.11 Å². The van der Waals surface area contributed by atoms with Crippen molar-refractivity contribution in [3.8, 4) is 5.75 Å². The number of nitrogens with one attached hydrogen (secondary N) is 2. The minimum atomic E-state index is -0.427. The van der Waals surface area contributed by atoms with E-state index in [-0.39, 0.29) is 24.3 Å². The van der Waals surface area contributed by atoms with Gasteiger partial charge in [-0.3, -0.25) is 14.5 Å². The topological polar surface area (TPSA) is 70.7 Å². The van der Waals surface area contributed by atoms with Gasteiger partial charge in [-0.2, -0.15) is 0 Å². The summed E-state index contributed by atoms with van der Waals surface area (Å²) in [4.78, 5) is 28.4. The molecule has 0 aliphatic carbocycles. The third-order valence-corrected chi connectivity index (χ3v) is 6.58. The quantitative estimate of drug-likeness (QED) is 0.639. The highest BCUT2D eigenvalue weighted by Gasteiger charge is 2.29. The summed E-state index contributed by atoms with van der Waals surface area (Å²) in [6.07, 6.45) is 0.147. The van der Waals surface area contributed by atoms with E-state index in [0.717, 1.165) is 35.0 Å². The second-order valence-corrected chi connectivity index (χ2v) is 8.36. The minimum Gasteiger partial charge on any atom is -0.497 e. The molecule has 3 rings (SSSR count). The van der Waals surface area contributed by atoms with Gasteiger partial charge in [0.05, 0.1) is 24.1 Å². The zero-order valence-electron chi connectivity index (χ0n) is 17.7. The number of amides is 2. The van der Waals surface area contributed by atoms with E-state index < -0.39 is 5.25 Å². The Balaban J connectivity index is 1.65. The number of anilines is 1.